The maximum absolute atomic E-state index is 13.7. The molecule has 0 bridgehead atoms. The number of nitrogens with zero attached hydrogens (tertiary/aromatic N) is 1. The summed E-state index contributed by atoms with van der Waals surface area (Å²) in [6.07, 6.45) is 0.869. The molecule has 0 saturated carbocycles. The standard InChI is InChI=1S/C17H15BrFN3O4S/c1-2-10-3-6-15(12(18)7-10)26-9-16(23)21-17(27)20-14-8-11(22(24)25)4-5-13(14)19/h3-8H,2,9H2,1H3,(H2,20,21,23,27). The summed E-state index contributed by atoms with van der Waals surface area (Å²) >= 11 is 8.29. The Balaban J connectivity index is 1.91. The number of nitro benzene ring substituents is 1. The monoisotopic (exact) mass is 455 g/mol. The highest BCUT2D eigenvalue weighted by Crippen LogP contribution is 2.26. The molecule has 2 aromatic rings. The van der Waals surface area contributed by atoms with Gasteiger partial charge in [-0.3, -0.25) is 20.2 Å². The first kappa shape index (κ1) is 20.7. The van der Waals surface area contributed by atoms with E-state index >= 15 is 0 Å². The van der Waals surface area contributed by atoms with Crippen LogP contribution in [0.25, 0.3) is 0 Å². The van der Waals surface area contributed by atoms with E-state index in [-0.39, 0.29) is 23.1 Å². The largest absolute Gasteiger partial charge is 0.483 e. The summed E-state index contributed by atoms with van der Waals surface area (Å²) < 4.78 is 19.8. The second-order valence-electron chi connectivity index (χ2n) is 5.33. The number of hydrogen-bond acceptors (Lipinski definition) is 5. The molecule has 0 atom stereocenters. The van der Waals surface area contributed by atoms with Gasteiger partial charge in [0.1, 0.15) is 11.6 Å². The Labute approximate surface area is 168 Å². The van der Waals surface area contributed by atoms with E-state index in [4.69, 9.17) is 17.0 Å². The van der Waals surface area contributed by atoms with E-state index in [0.29, 0.717) is 10.2 Å². The molecule has 0 unspecified atom stereocenters. The molecule has 1 amide bonds. The topological polar surface area (TPSA) is 93.5 Å². The zero-order valence-electron chi connectivity index (χ0n) is 14.1. The van der Waals surface area contributed by atoms with E-state index in [1.54, 1.807) is 6.07 Å². The van der Waals surface area contributed by atoms with Crippen molar-refractivity contribution in [2.24, 2.45) is 0 Å². The van der Waals surface area contributed by atoms with Crippen LogP contribution in [0.3, 0.4) is 0 Å². The minimum Gasteiger partial charge on any atom is -0.483 e. The quantitative estimate of drug-likeness (QED) is 0.389. The highest BCUT2D eigenvalue weighted by molar-refractivity contribution is 9.10. The fraction of sp³-hybridized carbons (Fsp3) is 0.176. The minimum atomic E-state index is -0.742. The van der Waals surface area contributed by atoms with Crippen molar-refractivity contribution in [3.63, 3.8) is 0 Å². The van der Waals surface area contributed by atoms with Gasteiger partial charge in [0.05, 0.1) is 15.1 Å². The van der Waals surface area contributed by atoms with Crippen molar-refractivity contribution in [3.8, 4) is 5.75 Å². The van der Waals surface area contributed by atoms with Crippen LogP contribution in [0.4, 0.5) is 15.8 Å². The number of anilines is 1. The molecule has 0 aliphatic carbocycles. The van der Waals surface area contributed by atoms with Gasteiger partial charge in [-0.15, -0.1) is 0 Å². The normalized spacial score (nSPS) is 10.2. The number of nitrogens with one attached hydrogen (secondary N) is 2. The lowest BCUT2D eigenvalue weighted by atomic mass is 10.2. The van der Waals surface area contributed by atoms with Crippen molar-refractivity contribution in [2.75, 3.05) is 11.9 Å². The first-order valence-electron chi connectivity index (χ1n) is 7.76. The maximum Gasteiger partial charge on any atom is 0.271 e. The Hall–Kier alpha value is -2.59. The Bertz CT molecular complexity index is 894. The Morgan fingerprint density at radius 2 is 2.07 bits per heavy atom. The molecular weight excluding hydrogens is 441 g/mol. The van der Waals surface area contributed by atoms with Crippen LogP contribution in [-0.2, 0) is 11.2 Å². The maximum atomic E-state index is 13.7. The SMILES string of the molecule is CCc1ccc(OCC(=O)NC(=S)Nc2cc([N+](=O)[O-])ccc2F)c(Br)c1. The number of rotatable bonds is 6. The van der Waals surface area contributed by atoms with E-state index in [0.717, 1.165) is 30.2 Å². The van der Waals surface area contributed by atoms with E-state index in [1.165, 1.54) is 0 Å². The van der Waals surface area contributed by atoms with Gasteiger partial charge in [-0.25, -0.2) is 4.39 Å². The first-order chi connectivity index (χ1) is 12.8. The summed E-state index contributed by atoms with van der Waals surface area (Å²) in [7, 11) is 0. The van der Waals surface area contributed by atoms with Crippen molar-refractivity contribution < 1.29 is 18.8 Å². The number of hydrogen-bond donors (Lipinski definition) is 2. The molecule has 0 fully saturated rings. The van der Waals surface area contributed by atoms with Gasteiger partial charge in [0.25, 0.3) is 11.6 Å². The summed E-state index contributed by atoms with van der Waals surface area (Å²) in [4.78, 5) is 22.0. The number of benzene rings is 2. The van der Waals surface area contributed by atoms with E-state index in [2.05, 4.69) is 26.6 Å². The van der Waals surface area contributed by atoms with Gasteiger partial charge in [-0.05, 0) is 58.3 Å². The average Bonchev–Trinajstić information content (AvgIpc) is 2.62. The molecule has 2 aromatic carbocycles. The number of thiocarbonyl (C=S) groups is 1. The average molecular weight is 456 g/mol. The first-order valence-corrected chi connectivity index (χ1v) is 8.96. The lowest BCUT2D eigenvalue weighted by Crippen LogP contribution is -2.37. The number of nitro groups is 1. The molecule has 10 heteroatoms. The van der Waals surface area contributed by atoms with Crippen molar-refractivity contribution in [2.45, 2.75) is 13.3 Å². The summed E-state index contributed by atoms with van der Waals surface area (Å²) in [5, 5.41) is 15.3. The Kier molecular flexibility index (Phi) is 7.19. The second-order valence-corrected chi connectivity index (χ2v) is 6.59. The molecule has 0 radical (unpaired) electrons. The molecule has 0 spiro atoms. The predicted octanol–water partition coefficient (Wildman–Crippen LogP) is 3.95. The van der Waals surface area contributed by atoms with E-state index in [1.807, 2.05) is 19.1 Å². The lowest BCUT2D eigenvalue weighted by Gasteiger charge is -2.12. The molecule has 2 N–H and O–H groups in total. The molecule has 27 heavy (non-hydrogen) atoms. The summed E-state index contributed by atoms with van der Waals surface area (Å²) in [5.41, 5.74) is 0.591. The molecule has 7 nitrogen and oxygen atoms in total. The number of aryl methyl sites for hydroxylation is 1. The lowest BCUT2D eigenvalue weighted by molar-refractivity contribution is -0.384. The van der Waals surface area contributed by atoms with Gasteiger partial charge < -0.3 is 10.1 Å². The third kappa shape index (κ3) is 5.97. The van der Waals surface area contributed by atoms with Gasteiger partial charge in [-0.1, -0.05) is 13.0 Å². The minimum absolute atomic E-state index is 0.205. The molecule has 0 aromatic heterocycles. The zero-order chi connectivity index (χ0) is 20.0. The van der Waals surface area contributed by atoms with Crippen LogP contribution in [0, 0.1) is 15.9 Å². The fourth-order valence-electron chi connectivity index (χ4n) is 2.06. The van der Waals surface area contributed by atoms with Crippen LogP contribution < -0.4 is 15.4 Å². The summed E-state index contributed by atoms with van der Waals surface area (Å²) in [6.45, 7) is 1.71. The van der Waals surface area contributed by atoms with Gasteiger partial charge >= 0.3 is 0 Å². The predicted molar refractivity (Wildman–Crippen MR) is 106 cm³/mol. The van der Waals surface area contributed by atoms with Crippen LogP contribution in [0.2, 0.25) is 0 Å². The van der Waals surface area contributed by atoms with Crippen LogP contribution >= 0.6 is 28.1 Å². The van der Waals surface area contributed by atoms with E-state index < -0.39 is 16.6 Å². The molecule has 0 saturated heterocycles. The van der Waals surface area contributed by atoms with Gasteiger partial charge in [-0.2, -0.15) is 0 Å². The Morgan fingerprint density at radius 3 is 2.70 bits per heavy atom. The molecule has 0 aliphatic rings. The third-order valence-corrected chi connectivity index (χ3v) is 4.25. The number of amides is 1. The highest BCUT2D eigenvalue weighted by Gasteiger charge is 2.13. The van der Waals surface area contributed by atoms with Crippen molar-refractivity contribution in [1.29, 1.82) is 0 Å². The third-order valence-electron chi connectivity index (χ3n) is 3.43. The zero-order valence-corrected chi connectivity index (χ0v) is 16.5. The van der Waals surface area contributed by atoms with Gasteiger partial charge in [0.15, 0.2) is 11.7 Å². The van der Waals surface area contributed by atoms with Crippen molar-refractivity contribution >= 4 is 50.5 Å². The molecule has 2 rings (SSSR count). The number of carbonyl (C=O) groups is 1. The highest BCUT2D eigenvalue weighted by atomic mass is 79.9. The fourth-order valence-corrected chi connectivity index (χ4v) is 2.83. The molecule has 0 heterocycles. The number of carbonyl (C=O) groups excluding carboxylic acids is 1. The Morgan fingerprint density at radius 1 is 1.33 bits per heavy atom. The van der Waals surface area contributed by atoms with Crippen LogP contribution in [0.15, 0.2) is 40.9 Å². The number of ether oxygens (including phenoxy) is 1. The second kappa shape index (κ2) is 9.38. The van der Waals surface area contributed by atoms with Crippen LogP contribution in [0.5, 0.6) is 5.75 Å². The van der Waals surface area contributed by atoms with Crippen LogP contribution in [0.1, 0.15) is 12.5 Å². The van der Waals surface area contributed by atoms with Gasteiger partial charge in [0.2, 0.25) is 0 Å². The number of halogens is 2. The summed E-state index contributed by atoms with van der Waals surface area (Å²) in [6, 6.07) is 8.46. The molecule has 142 valence electrons. The summed E-state index contributed by atoms with van der Waals surface area (Å²) in [5.74, 6) is -0.816. The number of non-ortho nitro benzene ring substituents is 1. The molecular formula is C17H15BrFN3O4S. The smallest absolute Gasteiger partial charge is 0.271 e. The van der Waals surface area contributed by atoms with Crippen LogP contribution in [-0.4, -0.2) is 22.5 Å². The van der Waals surface area contributed by atoms with Crippen molar-refractivity contribution in [3.05, 3.63) is 62.4 Å². The van der Waals surface area contributed by atoms with Crippen molar-refractivity contribution in [1.82, 2.24) is 5.32 Å². The van der Waals surface area contributed by atoms with Gasteiger partial charge in [0, 0.05) is 12.1 Å². The molecule has 0 aliphatic heterocycles. The van der Waals surface area contributed by atoms with E-state index in [9.17, 15) is 19.3 Å².